The average Bonchev–Trinajstić information content (AvgIpc) is 2.71. The Balaban J connectivity index is 1.48. The number of hydrogen-bond donors (Lipinski definition) is 1. The maximum Gasteiger partial charge on any atom is 0.225 e. The molecule has 1 saturated heterocycles. The Morgan fingerprint density at radius 1 is 1.19 bits per heavy atom. The number of hydrogen-bond acceptors (Lipinski definition) is 5. The molecule has 1 amide bonds. The maximum absolute atomic E-state index is 12.7. The van der Waals surface area contributed by atoms with E-state index in [1.54, 1.807) is 0 Å². The molecule has 0 bridgehead atoms. The van der Waals surface area contributed by atoms with Crippen molar-refractivity contribution in [3.8, 4) is 0 Å². The second-order valence-corrected chi connectivity index (χ2v) is 9.89. The van der Waals surface area contributed by atoms with Crippen molar-refractivity contribution >= 4 is 11.9 Å². The predicted molar refractivity (Wildman–Crippen MR) is 122 cm³/mol. The fourth-order valence-electron chi connectivity index (χ4n) is 4.83. The summed E-state index contributed by atoms with van der Waals surface area (Å²) in [5.74, 6) is 0.852. The summed E-state index contributed by atoms with van der Waals surface area (Å²) in [6, 6.07) is 10.1. The Labute approximate surface area is 185 Å². The predicted octanol–water partition coefficient (Wildman–Crippen LogP) is 3.85. The van der Waals surface area contributed by atoms with Crippen LogP contribution in [0.3, 0.4) is 0 Å². The molecule has 1 aromatic carbocycles. The quantitative estimate of drug-likeness (QED) is 0.793. The molecule has 1 aliphatic carbocycles. The second kappa shape index (κ2) is 8.95. The van der Waals surface area contributed by atoms with Crippen LogP contribution in [0.4, 0.5) is 5.95 Å². The number of nitrogens with zero attached hydrogens (tertiary/aromatic N) is 3. The number of anilines is 1. The molecule has 6 heteroatoms. The summed E-state index contributed by atoms with van der Waals surface area (Å²) in [5.41, 5.74) is 3.37. The number of carbonyl (C=O) groups is 1. The van der Waals surface area contributed by atoms with Gasteiger partial charge in [0, 0.05) is 31.3 Å². The lowest BCUT2D eigenvalue weighted by atomic mass is 9.74. The van der Waals surface area contributed by atoms with Crippen LogP contribution in [0.1, 0.15) is 63.4 Å². The van der Waals surface area contributed by atoms with Crippen molar-refractivity contribution in [1.29, 1.82) is 0 Å². The first-order valence-electron chi connectivity index (χ1n) is 11.4. The molecule has 0 saturated carbocycles. The highest BCUT2D eigenvalue weighted by molar-refractivity contribution is 5.76. The molecule has 31 heavy (non-hydrogen) atoms. The minimum Gasteiger partial charge on any atom is -0.372 e. The van der Waals surface area contributed by atoms with E-state index in [2.05, 4.69) is 50.0 Å². The summed E-state index contributed by atoms with van der Waals surface area (Å²) >= 11 is 0. The van der Waals surface area contributed by atoms with E-state index in [-0.39, 0.29) is 29.6 Å². The molecule has 0 spiro atoms. The minimum absolute atomic E-state index is 0.0430. The molecule has 2 heterocycles. The molecule has 0 unspecified atom stereocenters. The first kappa shape index (κ1) is 21.8. The molecule has 1 aliphatic heterocycles. The van der Waals surface area contributed by atoms with Crippen LogP contribution in [-0.4, -0.2) is 41.2 Å². The van der Waals surface area contributed by atoms with Crippen molar-refractivity contribution in [3.05, 3.63) is 53.3 Å². The highest BCUT2D eigenvalue weighted by Gasteiger charge is 2.35. The number of carbonyl (C=O) groups excluding carboxylic acids is 1. The summed E-state index contributed by atoms with van der Waals surface area (Å²) in [6.45, 7) is 10.3. The number of ether oxygens (including phenoxy) is 1. The number of amides is 1. The minimum atomic E-state index is -0.0430. The number of rotatable bonds is 5. The SMILES string of the molecule is C[C@@H]1CN(c2ncc3c(n2)CC(C)(C)C[C@H]3NC(=O)CCc2ccccc2)C[C@H](C)O1. The molecule has 2 aromatic rings. The van der Waals surface area contributed by atoms with Crippen LogP contribution in [0.15, 0.2) is 36.5 Å². The van der Waals surface area contributed by atoms with E-state index in [1.807, 2.05) is 24.4 Å². The number of benzene rings is 1. The molecule has 6 nitrogen and oxygen atoms in total. The van der Waals surface area contributed by atoms with Crippen LogP contribution >= 0.6 is 0 Å². The Bertz CT molecular complexity index is 905. The van der Waals surface area contributed by atoms with Gasteiger partial charge in [0.05, 0.1) is 23.9 Å². The first-order chi connectivity index (χ1) is 14.8. The molecule has 1 N–H and O–H groups in total. The van der Waals surface area contributed by atoms with E-state index in [0.29, 0.717) is 6.42 Å². The van der Waals surface area contributed by atoms with E-state index in [4.69, 9.17) is 14.7 Å². The number of aromatic nitrogens is 2. The van der Waals surface area contributed by atoms with Crippen LogP contribution < -0.4 is 10.2 Å². The third kappa shape index (κ3) is 5.42. The highest BCUT2D eigenvalue weighted by atomic mass is 16.5. The van der Waals surface area contributed by atoms with Gasteiger partial charge in [0.25, 0.3) is 0 Å². The van der Waals surface area contributed by atoms with Gasteiger partial charge in [-0.1, -0.05) is 44.2 Å². The van der Waals surface area contributed by atoms with Gasteiger partial charge in [0.2, 0.25) is 11.9 Å². The van der Waals surface area contributed by atoms with E-state index in [1.165, 1.54) is 5.56 Å². The Morgan fingerprint density at radius 3 is 2.61 bits per heavy atom. The van der Waals surface area contributed by atoms with Gasteiger partial charge >= 0.3 is 0 Å². The summed E-state index contributed by atoms with van der Waals surface area (Å²) < 4.78 is 5.85. The number of aryl methyl sites for hydroxylation is 1. The van der Waals surface area contributed by atoms with E-state index in [0.717, 1.165) is 49.6 Å². The van der Waals surface area contributed by atoms with Crippen LogP contribution in [-0.2, 0) is 22.4 Å². The summed E-state index contributed by atoms with van der Waals surface area (Å²) in [7, 11) is 0. The summed E-state index contributed by atoms with van der Waals surface area (Å²) in [6.07, 6.45) is 5.28. The number of morpholine rings is 1. The van der Waals surface area contributed by atoms with Crippen molar-refractivity contribution in [2.45, 2.75) is 71.6 Å². The van der Waals surface area contributed by atoms with Gasteiger partial charge in [0.1, 0.15) is 0 Å². The molecule has 3 atom stereocenters. The lowest BCUT2D eigenvalue weighted by Gasteiger charge is -2.38. The van der Waals surface area contributed by atoms with Crippen molar-refractivity contribution < 1.29 is 9.53 Å². The van der Waals surface area contributed by atoms with Crippen molar-refractivity contribution in [3.63, 3.8) is 0 Å². The summed E-state index contributed by atoms with van der Waals surface area (Å²) in [5, 5.41) is 3.26. The average molecular weight is 423 g/mol. The lowest BCUT2D eigenvalue weighted by molar-refractivity contribution is -0.122. The van der Waals surface area contributed by atoms with E-state index < -0.39 is 0 Å². The maximum atomic E-state index is 12.7. The normalized spacial score (nSPS) is 25.0. The molecule has 166 valence electrons. The zero-order valence-electron chi connectivity index (χ0n) is 19.1. The number of fused-ring (bicyclic) bond motifs is 1. The molecular formula is C25H34N4O2. The van der Waals surface area contributed by atoms with Gasteiger partial charge in [-0.25, -0.2) is 9.97 Å². The Kier molecular flexibility index (Phi) is 6.28. The standard InChI is InChI=1S/C25H34N4O2/c1-17-15-29(16-18(2)31-17)24-26-14-20-21(12-25(3,4)13-22(20)28-24)27-23(30)11-10-19-8-6-5-7-9-19/h5-9,14,17-18,21H,10-13,15-16H2,1-4H3,(H,27,30)/t17-,18+,21-/m1/s1. The van der Waals surface area contributed by atoms with Crippen LogP contribution in [0, 0.1) is 5.41 Å². The Hall–Kier alpha value is -2.47. The first-order valence-corrected chi connectivity index (χ1v) is 11.4. The Morgan fingerprint density at radius 2 is 1.90 bits per heavy atom. The lowest BCUT2D eigenvalue weighted by Crippen LogP contribution is -2.46. The van der Waals surface area contributed by atoms with E-state index >= 15 is 0 Å². The summed E-state index contributed by atoms with van der Waals surface area (Å²) in [4.78, 5) is 24.6. The molecule has 1 fully saturated rings. The van der Waals surface area contributed by atoms with Gasteiger partial charge in [-0.05, 0) is 44.1 Å². The highest BCUT2D eigenvalue weighted by Crippen LogP contribution is 2.40. The van der Waals surface area contributed by atoms with Crippen molar-refractivity contribution in [2.75, 3.05) is 18.0 Å². The smallest absolute Gasteiger partial charge is 0.225 e. The monoisotopic (exact) mass is 422 g/mol. The van der Waals surface area contributed by atoms with Crippen molar-refractivity contribution in [2.24, 2.45) is 5.41 Å². The van der Waals surface area contributed by atoms with Crippen molar-refractivity contribution in [1.82, 2.24) is 15.3 Å². The zero-order chi connectivity index (χ0) is 22.0. The third-order valence-electron chi connectivity index (χ3n) is 6.19. The van der Waals surface area contributed by atoms with Crippen LogP contribution in [0.2, 0.25) is 0 Å². The fraction of sp³-hybridized carbons (Fsp3) is 0.560. The van der Waals surface area contributed by atoms with Gasteiger partial charge < -0.3 is 15.0 Å². The van der Waals surface area contributed by atoms with Gasteiger partial charge in [-0.15, -0.1) is 0 Å². The van der Waals surface area contributed by atoms with Gasteiger partial charge in [-0.2, -0.15) is 0 Å². The molecule has 4 rings (SSSR count). The molecular weight excluding hydrogens is 388 g/mol. The zero-order valence-corrected chi connectivity index (χ0v) is 19.1. The van der Waals surface area contributed by atoms with Crippen LogP contribution in [0.25, 0.3) is 0 Å². The molecule has 1 aromatic heterocycles. The van der Waals surface area contributed by atoms with Gasteiger partial charge in [-0.3, -0.25) is 4.79 Å². The largest absolute Gasteiger partial charge is 0.372 e. The fourth-order valence-corrected chi connectivity index (χ4v) is 4.83. The van der Waals surface area contributed by atoms with E-state index in [9.17, 15) is 4.79 Å². The third-order valence-corrected chi connectivity index (χ3v) is 6.19. The molecule has 2 aliphatic rings. The molecule has 0 radical (unpaired) electrons. The number of nitrogens with one attached hydrogen (secondary N) is 1. The second-order valence-electron chi connectivity index (χ2n) is 9.89. The topological polar surface area (TPSA) is 67.4 Å². The van der Waals surface area contributed by atoms with Gasteiger partial charge in [0.15, 0.2) is 0 Å². The van der Waals surface area contributed by atoms with Crippen LogP contribution in [0.5, 0.6) is 0 Å².